The van der Waals surface area contributed by atoms with Gasteiger partial charge in [0.25, 0.3) is 0 Å². The molecule has 0 fully saturated rings. The fourth-order valence-corrected chi connectivity index (χ4v) is 0.761. The molecule has 12 heavy (non-hydrogen) atoms. The molecule has 0 unspecified atom stereocenters. The van der Waals surface area contributed by atoms with Gasteiger partial charge in [0, 0.05) is 6.42 Å². The number of aromatic nitrogens is 1. The Bertz CT molecular complexity index is 296. The average Bonchev–Trinajstić information content (AvgIpc) is 2.05. The van der Waals surface area contributed by atoms with Crippen molar-refractivity contribution in [2.24, 2.45) is 0 Å². The summed E-state index contributed by atoms with van der Waals surface area (Å²) in [5, 5.41) is 0. The van der Waals surface area contributed by atoms with E-state index >= 15 is 0 Å². The van der Waals surface area contributed by atoms with Gasteiger partial charge in [-0.1, -0.05) is 12.1 Å². The Hall–Kier alpha value is -1.51. The SMILES string of the molecule is O=CCC=Cc1cccc(F)n1. The summed E-state index contributed by atoms with van der Waals surface area (Å²) < 4.78 is 12.5. The summed E-state index contributed by atoms with van der Waals surface area (Å²) in [5.41, 5.74) is 0.525. The third-order valence-corrected chi connectivity index (χ3v) is 1.26. The first-order valence-electron chi connectivity index (χ1n) is 3.55. The molecule has 0 spiro atoms. The van der Waals surface area contributed by atoms with E-state index in [1.165, 1.54) is 6.07 Å². The van der Waals surface area contributed by atoms with E-state index in [1.807, 2.05) is 0 Å². The molecule has 1 aromatic rings. The van der Waals surface area contributed by atoms with Crippen molar-refractivity contribution in [3.8, 4) is 0 Å². The van der Waals surface area contributed by atoms with Gasteiger partial charge in [0.1, 0.15) is 6.29 Å². The average molecular weight is 165 g/mol. The molecule has 0 saturated heterocycles. The molecule has 0 radical (unpaired) electrons. The molecule has 0 saturated carbocycles. The minimum absolute atomic E-state index is 0.332. The number of pyridine rings is 1. The van der Waals surface area contributed by atoms with Gasteiger partial charge in [0.05, 0.1) is 5.69 Å². The summed E-state index contributed by atoms with van der Waals surface area (Å²) in [5.74, 6) is -0.511. The van der Waals surface area contributed by atoms with Crippen LogP contribution in [-0.2, 0) is 4.79 Å². The zero-order chi connectivity index (χ0) is 8.81. The Morgan fingerprint density at radius 3 is 3.00 bits per heavy atom. The van der Waals surface area contributed by atoms with E-state index in [9.17, 15) is 9.18 Å². The Morgan fingerprint density at radius 2 is 2.33 bits per heavy atom. The highest BCUT2D eigenvalue weighted by Gasteiger charge is 1.90. The summed E-state index contributed by atoms with van der Waals surface area (Å²) in [6.07, 6.45) is 4.35. The van der Waals surface area contributed by atoms with Crippen molar-refractivity contribution in [2.75, 3.05) is 0 Å². The molecule has 0 amide bonds. The summed E-state index contributed by atoms with van der Waals surface area (Å²) in [6.45, 7) is 0. The molecule has 0 aliphatic heterocycles. The van der Waals surface area contributed by atoms with E-state index in [0.717, 1.165) is 6.29 Å². The Balaban J connectivity index is 2.69. The maximum atomic E-state index is 12.5. The monoisotopic (exact) mass is 165 g/mol. The van der Waals surface area contributed by atoms with Crippen molar-refractivity contribution in [1.82, 2.24) is 4.98 Å². The van der Waals surface area contributed by atoms with Crippen molar-refractivity contribution < 1.29 is 9.18 Å². The van der Waals surface area contributed by atoms with Crippen LogP contribution in [0.1, 0.15) is 12.1 Å². The number of allylic oxidation sites excluding steroid dienone is 1. The molecule has 0 N–H and O–H groups in total. The molecule has 62 valence electrons. The second-order valence-electron chi connectivity index (χ2n) is 2.19. The zero-order valence-electron chi connectivity index (χ0n) is 6.40. The third kappa shape index (κ3) is 2.62. The molecule has 1 heterocycles. The van der Waals surface area contributed by atoms with E-state index in [2.05, 4.69) is 4.98 Å². The summed E-state index contributed by atoms with van der Waals surface area (Å²) >= 11 is 0. The van der Waals surface area contributed by atoms with E-state index < -0.39 is 5.95 Å². The highest BCUT2D eigenvalue weighted by Crippen LogP contribution is 1.99. The number of hydrogen-bond donors (Lipinski definition) is 0. The van der Waals surface area contributed by atoms with Crippen LogP contribution in [0.15, 0.2) is 24.3 Å². The molecule has 0 bridgehead atoms. The van der Waals surface area contributed by atoms with E-state index in [4.69, 9.17) is 0 Å². The normalized spacial score (nSPS) is 10.4. The lowest BCUT2D eigenvalue weighted by Gasteiger charge is -1.90. The lowest BCUT2D eigenvalue weighted by molar-refractivity contribution is -0.107. The second kappa shape index (κ2) is 4.38. The van der Waals surface area contributed by atoms with Gasteiger partial charge in [0.2, 0.25) is 5.95 Å². The van der Waals surface area contributed by atoms with Crippen LogP contribution in [0, 0.1) is 5.95 Å². The van der Waals surface area contributed by atoms with Gasteiger partial charge in [-0.2, -0.15) is 4.39 Å². The number of hydrogen-bond acceptors (Lipinski definition) is 2. The van der Waals surface area contributed by atoms with Crippen LogP contribution >= 0.6 is 0 Å². The molecular formula is C9H8FNO. The van der Waals surface area contributed by atoms with Crippen LogP contribution < -0.4 is 0 Å². The van der Waals surface area contributed by atoms with E-state index in [-0.39, 0.29) is 0 Å². The highest BCUT2D eigenvalue weighted by molar-refractivity contribution is 5.56. The van der Waals surface area contributed by atoms with E-state index in [1.54, 1.807) is 24.3 Å². The van der Waals surface area contributed by atoms with Gasteiger partial charge in [0.15, 0.2) is 0 Å². The topological polar surface area (TPSA) is 30.0 Å². The zero-order valence-corrected chi connectivity index (χ0v) is 6.40. The standard InChI is InChI=1S/C9H8FNO/c10-9-6-3-5-8(11-9)4-1-2-7-12/h1,3-7H,2H2. The van der Waals surface area contributed by atoms with Gasteiger partial charge in [-0.25, -0.2) is 4.98 Å². The maximum Gasteiger partial charge on any atom is 0.213 e. The van der Waals surface area contributed by atoms with Crippen LogP contribution in [0.5, 0.6) is 0 Å². The van der Waals surface area contributed by atoms with Crippen molar-refractivity contribution in [3.63, 3.8) is 0 Å². The largest absolute Gasteiger partial charge is 0.303 e. The molecule has 2 nitrogen and oxygen atoms in total. The van der Waals surface area contributed by atoms with Gasteiger partial charge in [-0.3, -0.25) is 0 Å². The first kappa shape index (κ1) is 8.59. The Labute approximate surface area is 69.7 Å². The molecule has 1 aromatic heterocycles. The second-order valence-corrected chi connectivity index (χ2v) is 2.19. The van der Waals surface area contributed by atoms with E-state index in [0.29, 0.717) is 12.1 Å². The molecule has 0 aromatic carbocycles. The predicted molar refractivity (Wildman–Crippen MR) is 43.9 cm³/mol. The fourth-order valence-electron chi connectivity index (χ4n) is 0.761. The lowest BCUT2D eigenvalue weighted by atomic mass is 10.3. The van der Waals surface area contributed by atoms with Gasteiger partial charge < -0.3 is 4.79 Å². The first-order chi connectivity index (χ1) is 5.83. The molecule has 0 aliphatic rings. The molecule has 0 atom stereocenters. The number of carbonyl (C=O) groups excluding carboxylic acids is 1. The number of nitrogens with zero attached hydrogens (tertiary/aromatic N) is 1. The smallest absolute Gasteiger partial charge is 0.213 e. The Morgan fingerprint density at radius 1 is 1.50 bits per heavy atom. The van der Waals surface area contributed by atoms with Crippen LogP contribution in [0.4, 0.5) is 4.39 Å². The first-order valence-corrected chi connectivity index (χ1v) is 3.55. The minimum atomic E-state index is -0.511. The van der Waals surface area contributed by atoms with Crippen LogP contribution in [-0.4, -0.2) is 11.3 Å². The van der Waals surface area contributed by atoms with Crippen molar-refractivity contribution in [2.45, 2.75) is 6.42 Å². The predicted octanol–water partition coefficient (Wildman–Crippen LogP) is 1.82. The summed E-state index contributed by atoms with van der Waals surface area (Å²) in [7, 11) is 0. The minimum Gasteiger partial charge on any atom is -0.303 e. The number of halogens is 1. The van der Waals surface area contributed by atoms with Gasteiger partial charge in [-0.05, 0) is 18.2 Å². The molecular weight excluding hydrogens is 157 g/mol. The quantitative estimate of drug-likeness (QED) is 0.505. The number of carbonyl (C=O) groups is 1. The van der Waals surface area contributed by atoms with Crippen molar-refractivity contribution >= 4 is 12.4 Å². The molecule has 3 heteroatoms. The van der Waals surface area contributed by atoms with Gasteiger partial charge in [-0.15, -0.1) is 0 Å². The van der Waals surface area contributed by atoms with Crippen molar-refractivity contribution in [3.05, 3.63) is 35.9 Å². The third-order valence-electron chi connectivity index (χ3n) is 1.26. The summed E-state index contributed by atoms with van der Waals surface area (Å²) in [4.78, 5) is 13.5. The summed E-state index contributed by atoms with van der Waals surface area (Å²) in [6, 6.07) is 4.52. The highest BCUT2D eigenvalue weighted by atomic mass is 19.1. The van der Waals surface area contributed by atoms with Crippen LogP contribution in [0.3, 0.4) is 0 Å². The van der Waals surface area contributed by atoms with Crippen molar-refractivity contribution in [1.29, 1.82) is 0 Å². The maximum absolute atomic E-state index is 12.5. The number of rotatable bonds is 3. The Kier molecular flexibility index (Phi) is 3.14. The molecule has 0 aliphatic carbocycles. The van der Waals surface area contributed by atoms with Crippen LogP contribution in [0.25, 0.3) is 6.08 Å². The lowest BCUT2D eigenvalue weighted by Crippen LogP contribution is -1.84. The molecule has 1 rings (SSSR count). The number of aldehydes is 1. The van der Waals surface area contributed by atoms with Crippen LogP contribution in [0.2, 0.25) is 0 Å². The van der Waals surface area contributed by atoms with Gasteiger partial charge >= 0.3 is 0 Å². The fraction of sp³-hybridized carbons (Fsp3) is 0.111.